The van der Waals surface area contributed by atoms with Crippen molar-refractivity contribution in [1.29, 1.82) is 0 Å². The molecule has 0 aromatic heterocycles. The fourth-order valence-electron chi connectivity index (χ4n) is 2.68. The summed E-state index contributed by atoms with van der Waals surface area (Å²) in [5.74, 6) is 0. The van der Waals surface area contributed by atoms with Gasteiger partial charge >= 0.3 is 0 Å². The van der Waals surface area contributed by atoms with Gasteiger partial charge in [-0.1, -0.05) is 46.8 Å². The molecule has 0 aliphatic rings. The van der Waals surface area contributed by atoms with Gasteiger partial charge in [0.1, 0.15) is 0 Å². The van der Waals surface area contributed by atoms with Crippen molar-refractivity contribution in [2.45, 2.75) is 79.3 Å². The van der Waals surface area contributed by atoms with E-state index in [2.05, 4.69) is 72.8 Å². The van der Waals surface area contributed by atoms with E-state index in [0.717, 1.165) is 6.42 Å². The molecule has 0 aliphatic carbocycles. The lowest BCUT2D eigenvalue weighted by Crippen LogP contribution is -2.34. The third-order valence-electron chi connectivity index (χ3n) is 3.69. The van der Waals surface area contributed by atoms with Crippen LogP contribution in [0, 0.1) is 13.8 Å². The van der Waals surface area contributed by atoms with E-state index in [1.165, 1.54) is 22.3 Å². The zero-order chi connectivity index (χ0) is 14.8. The van der Waals surface area contributed by atoms with Crippen LogP contribution in [0.4, 0.5) is 0 Å². The minimum atomic E-state index is 0.232. The van der Waals surface area contributed by atoms with Gasteiger partial charge in [-0.2, -0.15) is 0 Å². The molecule has 1 aromatic rings. The van der Waals surface area contributed by atoms with Crippen molar-refractivity contribution in [2.75, 3.05) is 0 Å². The van der Waals surface area contributed by atoms with Gasteiger partial charge in [0.2, 0.25) is 0 Å². The lowest BCUT2D eigenvalue weighted by Gasteiger charge is -2.24. The third kappa shape index (κ3) is 4.65. The molecule has 19 heavy (non-hydrogen) atoms. The lowest BCUT2D eigenvalue weighted by atomic mass is 9.83. The summed E-state index contributed by atoms with van der Waals surface area (Å²) in [6.45, 7) is 18.0. The van der Waals surface area contributed by atoms with E-state index in [0.29, 0.717) is 12.1 Å². The Morgan fingerprint density at radius 3 is 1.84 bits per heavy atom. The first kappa shape index (κ1) is 16.2. The Labute approximate surface area is 119 Å². The van der Waals surface area contributed by atoms with E-state index in [1.807, 2.05) is 0 Å². The quantitative estimate of drug-likeness (QED) is 0.839. The van der Waals surface area contributed by atoms with Crippen LogP contribution in [0.1, 0.15) is 63.8 Å². The predicted molar refractivity (Wildman–Crippen MR) is 86.1 cm³/mol. The summed E-state index contributed by atoms with van der Waals surface area (Å²) in [6.07, 6.45) is 1.11. The van der Waals surface area contributed by atoms with Gasteiger partial charge in [-0.3, -0.25) is 0 Å². The molecule has 1 N–H and O–H groups in total. The molecule has 0 heterocycles. The summed E-state index contributed by atoms with van der Waals surface area (Å²) in [5, 5.41) is 3.59. The molecule has 0 bridgehead atoms. The summed E-state index contributed by atoms with van der Waals surface area (Å²) >= 11 is 0. The number of hydrogen-bond acceptors (Lipinski definition) is 1. The number of aryl methyl sites for hydroxylation is 2. The van der Waals surface area contributed by atoms with Gasteiger partial charge < -0.3 is 5.32 Å². The molecule has 0 aliphatic heterocycles. The van der Waals surface area contributed by atoms with Crippen LogP contribution < -0.4 is 5.32 Å². The number of hydrogen-bond donors (Lipinski definition) is 1. The number of rotatable bonds is 4. The Morgan fingerprint density at radius 1 is 1.00 bits per heavy atom. The van der Waals surface area contributed by atoms with Gasteiger partial charge in [0.05, 0.1) is 0 Å². The Bertz CT molecular complexity index is 401. The molecule has 0 saturated carbocycles. The smallest absolute Gasteiger partial charge is 0.00817 e. The molecule has 0 amide bonds. The van der Waals surface area contributed by atoms with E-state index in [1.54, 1.807) is 0 Å². The van der Waals surface area contributed by atoms with Gasteiger partial charge in [-0.15, -0.1) is 0 Å². The van der Waals surface area contributed by atoms with Crippen LogP contribution in [0.2, 0.25) is 0 Å². The largest absolute Gasteiger partial charge is 0.312 e. The minimum absolute atomic E-state index is 0.232. The average molecular weight is 261 g/mol. The summed E-state index contributed by atoms with van der Waals surface area (Å²) < 4.78 is 0. The van der Waals surface area contributed by atoms with Crippen molar-refractivity contribution in [1.82, 2.24) is 5.32 Å². The second kappa shape index (κ2) is 6.09. The molecule has 0 radical (unpaired) electrons. The fraction of sp³-hybridized carbons (Fsp3) is 0.667. The normalized spacial score (nSPS) is 13.9. The van der Waals surface area contributed by atoms with Gasteiger partial charge in [-0.05, 0) is 54.9 Å². The van der Waals surface area contributed by atoms with Gasteiger partial charge in [0.25, 0.3) is 0 Å². The van der Waals surface area contributed by atoms with Crippen LogP contribution in [0.15, 0.2) is 12.1 Å². The first-order valence-corrected chi connectivity index (χ1v) is 7.48. The monoisotopic (exact) mass is 261 g/mol. The van der Waals surface area contributed by atoms with Crippen molar-refractivity contribution >= 4 is 0 Å². The van der Waals surface area contributed by atoms with Crippen LogP contribution in [-0.4, -0.2) is 12.1 Å². The summed E-state index contributed by atoms with van der Waals surface area (Å²) in [5.41, 5.74) is 6.05. The Kier molecular flexibility index (Phi) is 5.20. The zero-order valence-corrected chi connectivity index (χ0v) is 14.0. The van der Waals surface area contributed by atoms with Crippen LogP contribution in [-0.2, 0) is 11.8 Å². The molecular weight excluding hydrogens is 230 g/mol. The van der Waals surface area contributed by atoms with E-state index in [-0.39, 0.29) is 5.41 Å². The third-order valence-corrected chi connectivity index (χ3v) is 3.69. The van der Waals surface area contributed by atoms with Gasteiger partial charge in [0, 0.05) is 12.1 Å². The average Bonchev–Trinajstić information content (AvgIpc) is 2.20. The molecule has 0 fully saturated rings. The highest BCUT2D eigenvalue weighted by Gasteiger charge is 2.17. The Morgan fingerprint density at radius 2 is 1.47 bits per heavy atom. The van der Waals surface area contributed by atoms with E-state index < -0.39 is 0 Å². The molecule has 108 valence electrons. The fourth-order valence-corrected chi connectivity index (χ4v) is 2.68. The molecule has 1 heteroatoms. The maximum absolute atomic E-state index is 3.59. The van der Waals surface area contributed by atoms with Crippen molar-refractivity contribution in [3.8, 4) is 0 Å². The summed E-state index contributed by atoms with van der Waals surface area (Å²) in [4.78, 5) is 0. The Hall–Kier alpha value is -0.820. The highest BCUT2D eigenvalue weighted by molar-refractivity contribution is 5.40. The maximum atomic E-state index is 3.59. The van der Waals surface area contributed by atoms with E-state index >= 15 is 0 Å². The highest BCUT2D eigenvalue weighted by Crippen LogP contribution is 2.27. The molecule has 0 saturated heterocycles. The topological polar surface area (TPSA) is 12.0 Å². The summed E-state index contributed by atoms with van der Waals surface area (Å²) in [6, 6.07) is 5.80. The van der Waals surface area contributed by atoms with E-state index in [4.69, 9.17) is 0 Å². The van der Waals surface area contributed by atoms with Crippen LogP contribution >= 0.6 is 0 Å². The molecular formula is C18H31N. The van der Waals surface area contributed by atoms with Crippen LogP contribution in [0.3, 0.4) is 0 Å². The molecule has 1 unspecified atom stereocenters. The van der Waals surface area contributed by atoms with Gasteiger partial charge in [0.15, 0.2) is 0 Å². The van der Waals surface area contributed by atoms with Gasteiger partial charge in [-0.25, -0.2) is 0 Å². The maximum Gasteiger partial charge on any atom is 0.00817 e. The van der Waals surface area contributed by atoms with Crippen molar-refractivity contribution in [2.24, 2.45) is 0 Å². The molecule has 1 rings (SSSR count). The molecule has 1 atom stereocenters. The second-order valence-electron chi connectivity index (χ2n) is 7.27. The first-order valence-electron chi connectivity index (χ1n) is 7.48. The van der Waals surface area contributed by atoms with Crippen molar-refractivity contribution in [3.63, 3.8) is 0 Å². The zero-order valence-electron chi connectivity index (χ0n) is 14.0. The lowest BCUT2D eigenvalue weighted by molar-refractivity contribution is 0.486. The van der Waals surface area contributed by atoms with E-state index in [9.17, 15) is 0 Å². The SMILES string of the molecule is Cc1cc(C(C)(C)C)cc(C)c1CC(C)NC(C)C. The van der Waals surface area contributed by atoms with Crippen molar-refractivity contribution < 1.29 is 0 Å². The minimum Gasteiger partial charge on any atom is -0.312 e. The standard InChI is InChI=1S/C18H31N/c1-12(2)19-15(5)11-17-13(3)9-16(10-14(17)4)18(6,7)8/h9-10,12,15,19H,11H2,1-8H3. The van der Waals surface area contributed by atoms with Crippen molar-refractivity contribution in [3.05, 3.63) is 34.4 Å². The van der Waals surface area contributed by atoms with Crippen LogP contribution in [0.5, 0.6) is 0 Å². The Balaban J connectivity index is 2.98. The number of benzene rings is 1. The summed E-state index contributed by atoms with van der Waals surface area (Å²) in [7, 11) is 0. The molecule has 1 aromatic carbocycles. The number of nitrogens with one attached hydrogen (secondary N) is 1. The second-order valence-corrected chi connectivity index (χ2v) is 7.27. The predicted octanol–water partition coefficient (Wildman–Crippen LogP) is 4.53. The van der Waals surface area contributed by atoms with Crippen LogP contribution in [0.25, 0.3) is 0 Å². The highest BCUT2D eigenvalue weighted by atomic mass is 14.9. The molecule has 0 spiro atoms. The molecule has 1 nitrogen and oxygen atoms in total. The first-order chi connectivity index (χ1) is 8.61.